The number of rotatable bonds is 7. The van der Waals surface area contributed by atoms with E-state index in [1.165, 1.54) is 12.8 Å². The van der Waals surface area contributed by atoms with Crippen LogP contribution in [0.4, 0.5) is 5.69 Å². The molecule has 6 nitrogen and oxygen atoms in total. The SMILES string of the molecule is COc1cccc([C@@H](CNC(=O)[C@H]2CC(=O)N(c3ccc(C)cc3)C2)N2CCCC2)c1. The number of amides is 2. The molecule has 0 spiro atoms. The van der Waals surface area contributed by atoms with E-state index in [1.54, 1.807) is 12.0 Å². The molecule has 0 aliphatic carbocycles. The van der Waals surface area contributed by atoms with Gasteiger partial charge >= 0.3 is 0 Å². The van der Waals surface area contributed by atoms with Gasteiger partial charge in [0.1, 0.15) is 5.75 Å². The third kappa shape index (κ3) is 4.90. The second-order valence-electron chi connectivity index (χ2n) is 8.52. The number of hydrogen-bond acceptors (Lipinski definition) is 4. The van der Waals surface area contributed by atoms with Crippen molar-refractivity contribution in [2.45, 2.75) is 32.2 Å². The van der Waals surface area contributed by atoms with Gasteiger partial charge in [0.15, 0.2) is 0 Å². The lowest BCUT2D eigenvalue weighted by Gasteiger charge is -2.29. The summed E-state index contributed by atoms with van der Waals surface area (Å²) in [7, 11) is 1.67. The van der Waals surface area contributed by atoms with Crippen molar-refractivity contribution in [1.29, 1.82) is 0 Å². The van der Waals surface area contributed by atoms with Crippen molar-refractivity contribution in [2.75, 3.05) is 38.2 Å². The molecule has 164 valence electrons. The monoisotopic (exact) mass is 421 g/mol. The molecular formula is C25H31N3O3. The standard InChI is InChI=1S/C25H31N3O3/c1-18-8-10-21(11-9-18)28-17-20(15-24(28)29)25(30)26-16-23(27-12-3-4-13-27)19-6-5-7-22(14-19)31-2/h5-11,14,20,23H,3-4,12-13,15-17H2,1-2H3,(H,26,30)/t20-,23+/m0/s1. The van der Waals surface area contributed by atoms with Crippen molar-refractivity contribution in [3.8, 4) is 5.75 Å². The van der Waals surface area contributed by atoms with Crippen molar-refractivity contribution >= 4 is 17.5 Å². The first-order valence-electron chi connectivity index (χ1n) is 11.1. The van der Waals surface area contributed by atoms with Crippen LogP contribution in [0.15, 0.2) is 48.5 Å². The highest BCUT2D eigenvalue weighted by atomic mass is 16.5. The maximum absolute atomic E-state index is 13.0. The van der Waals surface area contributed by atoms with E-state index >= 15 is 0 Å². The summed E-state index contributed by atoms with van der Waals surface area (Å²) in [6.07, 6.45) is 2.61. The molecule has 0 saturated carbocycles. The van der Waals surface area contributed by atoms with E-state index in [0.717, 1.165) is 35.7 Å². The van der Waals surface area contributed by atoms with Gasteiger partial charge in [-0.2, -0.15) is 0 Å². The van der Waals surface area contributed by atoms with E-state index in [0.29, 0.717) is 13.1 Å². The average molecular weight is 422 g/mol. The van der Waals surface area contributed by atoms with Crippen molar-refractivity contribution in [3.63, 3.8) is 0 Å². The highest BCUT2D eigenvalue weighted by Crippen LogP contribution is 2.28. The van der Waals surface area contributed by atoms with Crippen LogP contribution < -0.4 is 15.0 Å². The van der Waals surface area contributed by atoms with Gasteiger partial charge in [-0.15, -0.1) is 0 Å². The van der Waals surface area contributed by atoms with Gasteiger partial charge in [0, 0.05) is 25.2 Å². The van der Waals surface area contributed by atoms with Gasteiger partial charge < -0.3 is 15.0 Å². The smallest absolute Gasteiger partial charge is 0.227 e. The minimum Gasteiger partial charge on any atom is -0.497 e. The number of hydrogen-bond donors (Lipinski definition) is 1. The molecule has 31 heavy (non-hydrogen) atoms. The second-order valence-corrected chi connectivity index (χ2v) is 8.52. The predicted octanol–water partition coefficient (Wildman–Crippen LogP) is 3.31. The molecule has 4 rings (SSSR count). The van der Waals surface area contributed by atoms with Crippen LogP contribution in [0.3, 0.4) is 0 Å². The van der Waals surface area contributed by atoms with Crippen LogP contribution in [0, 0.1) is 12.8 Å². The molecule has 2 atom stereocenters. The maximum Gasteiger partial charge on any atom is 0.227 e. The summed E-state index contributed by atoms with van der Waals surface area (Å²) in [5.41, 5.74) is 3.15. The number of ether oxygens (including phenoxy) is 1. The maximum atomic E-state index is 13.0. The summed E-state index contributed by atoms with van der Waals surface area (Å²) in [6, 6.07) is 16.0. The molecule has 1 N–H and O–H groups in total. The molecule has 0 unspecified atom stereocenters. The van der Waals surface area contributed by atoms with Crippen LogP contribution in [0.5, 0.6) is 5.75 Å². The number of carbonyl (C=O) groups is 2. The summed E-state index contributed by atoms with van der Waals surface area (Å²) in [6.45, 7) is 5.04. The van der Waals surface area contributed by atoms with Crippen molar-refractivity contribution < 1.29 is 14.3 Å². The Morgan fingerprint density at radius 2 is 1.90 bits per heavy atom. The Morgan fingerprint density at radius 3 is 2.61 bits per heavy atom. The van der Waals surface area contributed by atoms with Crippen LogP contribution in [0.25, 0.3) is 0 Å². The van der Waals surface area contributed by atoms with E-state index in [2.05, 4.69) is 16.3 Å². The number of methoxy groups -OCH3 is 1. The van der Waals surface area contributed by atoms with Gasteiger partial charge in [0.2, 0.25) is 11.8 Å². The molecule has 0 aromatic heterocycles. The molecule has 2 heterocycles. The second kappa shape index (κ2) is 9.52. The normalized spacial score (nSPS) is 20.1. The molecule has 2 saturated heterocycles. The van der Waals surface area contributed by atoms with E-state index in [-0.39, 0.29) is 30.2 Å². The molecule has 2 amide bonds. The Labute approximate surface area is 184 Å². The zero-order valence-corrected chi connectivity index (χ0v) is 18.3. The summed E-state index contributed by atoms with van der Waals surface area (Å²) < 4.78 is 5.40. The fourth-order valence-corrected chi connectivity index (χ4v) is 4.56. The number of nitrogens with one attached hydrogen (secondary N) is 1. The summed E-state index contributed by atoms with van der Waals surface area (Å²) in [4.78, 5) is 29.6. The number of nitrogens with zero attached hydrogens (tertiary/aromatic N) is 2. The van der Waals surface area contributed by atoms with Crippen LogP contribution in [-0.4, -0.2) is 50.0 Å². The molecule has 2 fully saturated rings. The lowest BCUT2D eigenvalue weighted by atomic mass is 10.0. The fourth-order valence-electron chi connectivity index (χ4n) is 4.56. The summed E-state index contributed by atoms with van der Waals surface area (Å²) >= 11 is 0. The Kier molecular flexibility index (Phi) is 6.56. The summed E-state index contributed by atoms with van der Waals surface area (Å²) in [5, 5.41) is 3.14. The third-order valence-corrected chi connectivity index (χ3v) is 6.37. The third-order valence-electron chi connectivity index (χ3n) is 6.37. The van der Waals surface area contributed by atoms with Gasteiger partial charge in [0.05, 0.1) is 19.1 Å². The lowest BCUT2D eigenvalue weighted by molar-refractivity contribution is -0.126. The first kappa shape index (κ1) is 21.4. The zero-order chi connectivity index (χ0) is 21.8. The zero-order valence-electron chi connectivity index (χ0n) is 18.3. The van der Waals surface area contributed by atoms with E-state index < -0.39 is 0 Å². The molecule has 6 heteroatoms. The van der Waals surface area contributed by atoms with Crippen LogP contribution >= 0.6 is 0 Å². The Hall–Kier alpha value is -2.86. The predicted molar refractivity (Wildman–Crippen MR) is 121 cm³/mol. The molecule has 2 aromatic rings. The fraction of sp³-hybridized carbons (Fsp3) is 0.440. The van der Waals surface area contributed by atoms with Crippen molar-refractivity contribution in [1.82, 2.24) is 10.2 Å². The number of likely N-dealkylation sites (tertiary alicyclic amines) is 1. The van der Waals surface area contributed by atoms with Gasteiger partial charge in [0.25, 0.3) is 0 Å². The molecule has 2 aliphatic rings. The minimum absolute atomic E-state index is 0.00731. The van der Waals surface area contributed by atoms with Crippen LogP contribution in [0.2, 0.25) is 0 Å². The van der Waals surface area contributed by atoms with Gasteiger partial charge in [-0.25, -0.2) is 0 Å². The van der Waals surface area contributed by atoms with Crippen LogP contribution in [0.1, 0.15) is 36.4 Å². The Morgan fingerprint density at radius 1 is 1.16 bits per heavy atom. The Balaban J connectivity index is 1.41. The quantitative estimate of drug-likeness (QED) is 0.745. The van der Waals surface area contributed by atoms with Gasteiger partial charge in [-0.1, -0.05) is 29.8 Å². The molecule has 0 bridgehead atoms. The van der Waals surface area contributed by atoms with Gasteiger partial charge in [-0.3, -0.25) is 14.5 Å². The van der Waals surface area contributed by atoms with Gasteiger partial charge in [-0.05, 0) is 62.7 Å². The Bertz CT molecular complexity index is 922. The van der Waals surface area contributed by atoms with Crippen LogP contribution in [-0.2, 0) is 9.59 Å². The lowest BCUT2D eigenvalue weighted by Crippen LogP contribution is -2.40. The molecular weight excluding hydrogens is 390 g/mol. The van der Waals surface area contributed by atoms with E-state index in [9.17, 15) is 9.59 Å². The molecule has 2 aromatic carbocycles. The number of benzene rings is 2. The van der Waals surface area contributed by atoms with E-state index in [4.69, 9.17) is 4.74 Å². The number of carbonyl (C=O) groups excluding carboxylic acids is 2. The summed E-state index contributed by atoms with van der Waals surface area (Å²) in [5.74, 6) is 0.462. The topological polar surface area (TPSA) is 61.9 Å². The first-order valence-corrected chi connectivity index (χ1v) is 11.1. The first-order chi connectivity index (χ1) is 15.0. The average Bonchev–Trinajstić information content (AvgIpc) is 3.45. The molecule has 2 aliphatic heterocycles. The van der Waals surface area contributed by atoms with Crippen molar-refractivity contribution in [2.24, 2.45) is 5.92 Å². The highest BCUT2D eigenvalue weighted by Gasteiger charge is 2.35. The van der Waals surface area contributed by atoms with E-state index in [1.807, 2.05) is 49.4 Å². The minimum atomic E-state index is -0.321. The molecule has 0 radical (unpaired) electrons. The largest absolute Gasteiger partial charge is 0.497 e. The number of anilines is 1. The van der Waals surface area contributed by atoms with Crippen molar-refractivity contribution in [3.05, 3.63) is 59.7 Å². The highest BCUT2D eigenvalue weighted by molar-refractivity contribution is 6.00. The number of aryl methyl sites for hydroxylation is 1.